The van der Waals surface area contributed by atoms with Crippen LogP contribution in [-0.4, -0.2) is 8.07 Å². The maximum Gasteiger partial charge on any atom is 0.0445 e. The molecule has 112 valence electrons. The molecule has 0 bridgehead atoms. The first kappa shape index (κ1) is 14.8. The molecule has 1 heteroatoms. The Kier molecular flexibility index (Phi) is 3.96. The number of rotatable bonds is 3. The SMILES string of the molecule is CC1CC(C[Si](C)(C)C)C2C(c3ccccc3)=CC=CC12. The zero-order valence-electron chi connectivity index (χ0n) is 13.8. The Morgan fingerprint density at radius 3 is 2.48 bits per heavy atom. The summed E-state index contributed by atoms with van der Waals surface area (Å²) in [6.07, 6.45) is 8.57. The highest BCUT2D eigenvalue weighted by atomic mass is 28.3. The van der Waals surface area contributed by atoms with Crippen LogP contribution in [0.2, 0.25) is 25.7 Å². The molecule has 4 atom stereocenters. The van der Waals surface area contributed by atoms with Crippen molar-refractivity contribution in [3.63, 3.8) is 0 Å². The summed E-state index contributed by atoms with van der Waals surface area (Å²) < 4.78 is 0. The lowest BCUT2D eigenvalue weighted by Gasteiger charge is -2.32. The summed E-state index contributed by atoms with van der Waals surface area (Å²) in [6, 6.07) is 12.5. The van der Waals surface area contributed by atoms with Crippen molar-refractivity contribution < 1.29 is 0 Å². The van der Waals surface area contributed by atoms with Gasteiger partial charge in [0.05, 0.1) is 0 Å². The van der Waals surface area contributed by atoms with Gasteiger partial charge in [-0.1, -0.05) is 81.2 Å². The Labute approximate surface area is 131 Å². The van der Waals surface area contributed by atoms with Crippen molar-refractivity contribution in [1.82, 2.24) is 0 Å². The summed E-state index contributed by atoms with van der Waals surface area (Å²) >= 11 is 0. The van der Waals surface area contributed by atoms with E-state index in [4.69, 9.17) is 0 Å². The summed E-state index contributed by atoms with van der Waals surface area (Å²) in [7, 11) is -1.01. The molecule has 0 heterocycles. The van der Waals surface area contributed by atoms with Gasteiger partial charge < -0.3 is 0 Å². The van der Waals surface area contributed by atoms with Gasteiger partial charge in [0.2, 0.25) is 0 Å². The van der Waals surface area contributed by atoms with E-state index >= 15 is 0 Å². The van der Waals surface area contributed by atoms with Crippen molar-refractivity contribution in [2.24, 2.45) is 23.7 Å². The van der Waals surface area contributed by atoms with Crippen molar-refractivity contribution in [3.05, 3.63) is 54.1 Å². The molecule has 2 aliphatic carbocycles. The van der Waals surface area contributed by atoms with E-state index < -0.39 is 8.07 Å². The van der Waals surface area contributed by atoms with Crippen LogP contribution in [0.4, 0.5) is 0 Å². The third-order valence-electron chi connectivity index (χ3n) is 5.20. The van der Waals surface area contributed by atoms with Crippen LogP contribution >= 0.6 is 0 Å². The van der Waals surface area contributed by atoms with Crippen molar-refractivity contribution >= 4 is 13.6 Å². The molecule has 1 aromatic carbocycles. The summed E-state index contributed by atoms with van der Waals surface area (Å²) in [5.74, 6) is 3.22. The number of benzene rings is 1. The van der Waals surface area contributed by atoms with Crippen LogP contribution in [0.3, 0.4) is 0 Å². The van der Waals surface area contributed by atoms with Crippen LogP contribution in [0.25, 0.3) is 5.57 Å². The Morgan fingerprint density at radius 2 is 1.81 bits per heavy atom. The third-order valence-corrected chi connectivity index (χ3v) is 6.95. The molecule has 0 radical (unpaired) electrons. The lowest BCUT2D eigenvalue weighted by atomic mass is 9.76. The fourth-order valence-electron chi connectivity index (χ4n) is 4.53. The lowest BCUT2D eigenvalue weighted by Crippen LogP contribution is -2.28. The summed E-state index contributed by atoms with van der Waals surface area (Å²) in [5, 5.41) is 0. The van der Waals surface area contributed by atoms with Gasteiger partial charge in [-0.2, -0.15) is 0 Å². The van der Waals surface area contributed by atoms with Crippen molar-refractivity contribution in [2.75, 3.05) is 0 Å². The maximum atomic E-state index is 2.52. The van der Waals surface area contributed by atoms with E-state index in [1.165, 1.54) is 18.0 Å². The van der Waals surface area contributed by atoms with Crippen molar-refractivity contribution in [2.45, 2.75) is 39.0 Å². The number of hydrogen-bond donors (Lipinski definition) is 0. The van der Waals surface area contributed by atoms with E-state index in [0.29, 0.717) is 0 Å². The predicted molar refractivity (Wildman–Crippen MR) is 96.0 cm³/mol. The van der Waals surface area contributed by atoms with E-state index in [1.807, 2.05) is 0 Å². The zero-order chi connectivity index (χ0) is 15.0. The third kappa shape index (κ3) is 3.08. The second-order valence-corrected chi connectivity index (χ2v) is 13.7. The average molecular weight is 297 g/mol. The van der Waals surface area contributed by atoms with E-state index in [-0.39, 0.29) is 0 Å². The van der Waals surface area contributed by atoms with Crippen LogP contribution in [0.5, 0.6) is 0 Å². The number of fused-ring (bicyclic) bond motifs is 1. The Bertz CT molecular complexity index is 547. The number of allylic oxidation sites excluding steroid dienone is 4. The van der Waals surface area contributed by atoms with Crippen molar-refractivity contribution in [1.29, 1.82) is 0 Å². The van der Waals surface area contributed by atoms with Crippen LogP contribution in [0.1, 0.15) is 18.9 Å². The molecule has 21 heavy (non-hydrogen) atoms. The van der Waals surface area contributed by atoms with Gasteiger partial charge in [-0.05, 0) is 41.2 Å². The van der Waals surface area contributed by atoms with Crippen LogP contribution in [0.15, 0.2) is 48.6 Å². The normalized spacial score (nSPS) is 31.9. The average Bonchev–Trinajstić information content (AvgIpc) is 2.75. The first-order chi connectivity index (χ1) is 9.96. The minimum atomic E-state index is -1.01. The Morgan fingerprint density at radius 1 is 1.10 bits per heavy atom. The van der Waals surface area contributed by atoms with Gasteiger partial charge in [0, 0.05) is 8.07 Å². The van der Waals surface area contributed by atoms with E-state index in [1.54, 1.807) is 5.57 Å². The van der Waals surface area contributed by atoms with E-state index in [9.17, 15) is 0 Å². The van der Waals surface area contributed by atoms with Crippen LogP contribution < -0.4 is 0 Å². The van der Waals surface area contributed by atoms with Gasteiger partial charge >= 0.3 is 0 Å². The maximum absolute atomic E-state index is 2.52. The fourth-order valence-corrected chi connectivity index (χ4v) is 6.53. The quantitative estimate of drug-likeness (QED) is 0.612. The fraction of sp³-hybridized carbons (Fsp3) is 0.500. The van der Waals surface area contributed by atoms with Crippen molar-refractivity contribution in [3.8, 4) is 0 Å². The second-order valence-electron chi connectivity index (χ2n) is 8.21. The molecule has 3 rings (SSSR count). The molecule has 0 aliphatic heterocycles. The van der Waals surface area contributed by atoms with Gasteiger partial charge in [-0.15, -0.1) is 0 Å². The minimum absolute atomic E-state index is 0.749. The van der Waals surface area contributed by atoms with Gasteiger partial charge in [-0.25, -0.2) is 0 Å². The van der Waals surface area contributed by atoms with Gasteiger partial charge in [0.1, 0.15) is 0 Å². The second kappa shape index (κ2) is 5.60. The molecule has 0 spiro atoms. The molecule has 4 unspecified atom stereocenters. The Balaban J connectivity index is 1.94. The topological polar surface area (TPSA) is 0 Å². The first-order valence-corrected chi connectivity index (χ1v) is 12.1. The molecule has 0 nitrogen and oxygen atoms in total. The molecule has 2 aliphatic rings. The summed E-state index contributed by atoms with van der Waals surface area (Å²) in [4.78, 5) is 0. The molecule has 0 aromatic heterocycles. The molecule has 1 saturated carbocycles. The highest BCUT2D eigenvalue weighted by molar-refractivity contribution is 6.76. The first-order valence-electron chi connectivity index (χ1n) is 8.39. The van der Waals surface area contributed by atoms with Gasteiger partial charge in [-0.3, -0.25) is 0 Å². The summed E-state index contributed by atoms with van der Waals surface area (Å²) in [5.41, 5.74) is 3.03. The highest BCUT2D eigenvalue weighted by Crippen LogP contribution is 2.52. The minimum Gasteiger partial charge on any atom is -0.0805 e. The van der Waals surface area contributed by atoms with Crippen LogP contribution in [0, 0.1) is 23.7 Å². The monoisotopic (exact) mass is 296 g/mol. The predicted octanol–water partition coefficient (Wildman–Crippen LogP) is 5.87. The largest absolute Gasteiger partial charge is 0.0805 e. The van der Waals surface area contributed by atoms with Crippen LogP contribution in [-0.2, 0) is 0 Å². The molecule has 0 N–H and O–H groups in total. The van der Waals surface area contributed by atoms with Gasteiger partial charge in [0.15, 0.2) is 0 Å². The smallest absolute Gasteiger partial charge is 0.0445 e. The van der Waals surface area contributed by atoms with E-state index in [0.717, 1.165) is 23.7 Å². The molecule has 0 amide bonds. The van der Waals surface area contributed by atoms with Gasteiger partial charge in [0.25, 0.3) is 0 Å². The lowest BCUT2D eigenvalue weighted by molar-refractivity contribution is 0.438. The molecular formula is C20H28Si. The molecular weight excluding hydrogens is 268 g/mol. The molecule has 1 aromatic rings. The Hall–Kier alpha value is -1.08. The number of hydrogen-bond acceptors (Lipinski definition) is 0. The molecule has 1 fully saturated rings. The highest BCUT2D eigenvalue weighted by Gasteiger charge is 2.43. The van der Waals surface area contributed by atoms with E-state index in [2.05, 4.69) is 75.1 Å². The summed E-state index contributed by atoms with van der Waals surface area (Å²) in [6.45, 7) is 10.0. The standard InChI is InChI=1S/C20H28Si/c1-15-13-17(14-21(2,3)4)20-18(15)11-8-12-19(20)16-9-6-5-7-10-16/h5-12,15,17-18,20H,13-14H2,1-4H3. The molecule has 0 saturated heterocycles. The zero-order valence-corrected chi connectivity index (χ0v) is 14.8.